The van der Waals surface area contributed by atoms with Crippen molar-refractivity contribution >= 4 is 33.4 Å². The molecular formula is C16H12ClFN2. The molecule has 2 nitrogen and oxygen atoms in total. The van der Waals surface area contributed by atoms with Crippen molar-refractivity contribution in [1.82, 2.24) is 9.97 Å². The molecule has 0 saturated carbocycles. The van der Waals surface area contributed by atoms with E-state index >= 15 is 0 Å². The number of hydrogen-bond donors (Lipinski definition) is 2. The summed E-state index contributed by atoms with van der Waals surface area (Å²) in [5, 5.41) is 2.89. The van der Waals surface area contributed by atoms with E-state index in [0.717, 1.165) is 21.4 Å². The molecule has 0 atom stereocenters. The van der Waals surface area contributed by atoms with E-state index in [2.05, 4.69) is 9.97 Å². The van der Waals surface area contributed by atoms with Crippen molar-refractivity contribution in [1.29, 1.82) is 0 Å². The molecule has 0 spiro atoms. The van der Waals surface area contributed by atoms with Crippen molar-refractivity contribution in [3.05, 3.63) is 71.8 Å². The minimum Gasteiger partial charge on any atom is -0.361 e. The van der Waals surface area contributed by atoms with E-state index in [-0.39, 0.29) is 5.82 Å². The van der Waals surface area contributed by atoms with E-state index in [4.69, 9.17) is 11.6 Å². The van der Waals surface area contributed by atoms with Crippen LogP contribution in [0, 0.1) is 5.82 Å². The van der Waals surface area contributed by atoms with Gasteiger partial charge in [0.05, 0.1) is 0 Å². The molecule has 0 amide bonds. The topological polar surface area (TPSA) is 31.6 Å². The highest BCUT2D eigenvalue weighted by Gasteiger charge is 1.93. The molecule has 2 aromatic heterocycles. The summed E-state index contributed by atoms with van der Waals surface area (Å²) in [5.74, 6) is -0.188. The Kier molecular flexibility index (Phi) is 3.44. The summed E-state index contributed by atoms with van der Waals surface area (Å²) in [6.07, 6.45) is 3.70. The zero-order valence-electron chi connectivity index (χ0n) is 10.5. The molecule has 0 aliphatic heterocycles. The Labute approximate surface area is 120 Å². The number of aromatic nitrogens is 2. The number of hydrogen-bond acceptors (Lipinski definition) is 0. The van der Waals surface area contributed by atoms with Gasteiger partial charge in [-0.3, -0.25) is 0 Å². The van der Waals surface area contributed by atoms with E-state index in [1.54, 1.807) is 12.3 Å². The Hall–Kier alpha value is -2.26. The number of nitrogens with one attached hydrogen (secondary N) is 2. The highest BCUT2D eigenvalue weighted by atomic mass is 35.5. The van der Waals surface area contributed by atoms with Crippen molar-refractivity contribution < 1.29 is 4.39 Å². The minimum absolute atomic E-state index is 0.188. The minimum atomic E-state index is -0.188. The second kappa shape index (κ2) is 5.39. The lowest BCUT2D eigenvalue weighted by Gasteiger charge is -1.88. The van der Waals surface area contributed by atoms with Gasteiger partial charge >= 0.3 is 0 Å². The summed E-state index contributed by atoms with van der Waals surface area (Å²) in [6, 6.07) is 14.3. The van der Waals surface area contributed by atoms with Crippen LogP contribution in [0.2, 0.25) is 5.02 Å². The van der Waals surface area contributed by atoms with Gasteiger partial charge in [0.1, 0.15) is 5.82 Å². The third kappa shape index (κ3) is 2.68. The summed E-state index contributed by atoms with van der Waals surface area (Å²) in [6.45, 7) is 0. The first-order valence-electron chi connectivity index (χ1n) is 6.18. The predicted octanol–water partition coefficient (Wildman–Crippen LogP) is 5.13. The summed E-state index contributed by atoms with van der Waals surface area (Å²) in [4.78, 5) is 6.06. The fourth-order valence-corrected chi connectivity index (χ4v) is 2.22. The quantitative estimate of drug-likeness (QED) is 0.449. The van der Waals surface area contributed by atoms with Crippen LogP contribution < -0.4 is 0 Å². The van der Waals surface area contributed by atoms with Crippen LogP contribution >= 0.6 is 11.6 Å². The van der Waals surface area contributed by atoms with E-state index in [1.807, 2.05) is 36.5 Å². The van der Waals surface area contributed by atoms with Crippen LogP contribution in [-0.2, 0) is 0 Å². The maximum atomic E-state index is 12.5. The molecule has 4 heteroatoms. The Morgan fingerprint density at radius 1 is 0.750 bits per heavy atom. The highest BCUT2D eigenvalue weighted by molar-refractivity contribution is 6.31. The fourth-order valence-electron chi connectivity index (χ4n) is 2.04. The van der Waals surface area contributed by atoms with E-state index in [0.29, 0.717) is 0 Å². The third-order valence-corrected chi connectivity index (χ3v) is 3.27. The molecule has 0 aliphatic rings. The van der Waals surface area contributed by atoms with E-state index < -0.39 is 0 Å². The van der Waals surface area contributed by atoms with Gasteiger partial charge in [0, 0.05) is 33.8 Å². The Morgan fingerprint density at radius 3 is 2.35 bits per heavy atom. The normalized spacial score (nSPS) is 10.5. The monoisotopic (exact) mass is 286 g/mol. The van der Waals surface area contributed by atoms with Crippen LogP contribution in [0.1, 0.15) is 0 Å². The van der Waals surface area contributed by atoms with Gasteiger partial charge in [-0.15, -0.1) is 0 Å². The van der Waals surface area contributed by atoms with Gasteiger partial charge in [0.2, 0.25) is 0 Å². The van der Waals surface area contributed by atoms with Crippen molar-refractivity contribution in [2.45, 2.75) is 0 Å². The van der Waals surface area contributed by atoms with Gasteiger partial charge in [-0.1, -0.05) is 17.7 Å². The second-order valence-corrected chi connectivity index (χ2v) is 4.85. The third-order valence-electron chi connectivity index (χ3n) is 3.03. The summed E-state index contributed by atoms with van der Waals surface area (Å²) in [7, 11) is 0. The fraction of sp³-hybridized carbons (Fsp3) is 0. The van der Waals surface area contributed by atoms with Crippen LogP contribution in [0.5, 0.6) is 0 Å². The molecular weight excluding hydrogens is 275 g/mol. The Morgan fingerprint density at radius 2 is 1.50 bits per heavy atom. The Bertz CT molecular complexity index is 776. The van der Waals surface area contributed by atoms with Crippen molar-refractivity contribution in [3.63, 3.8) is 0 Å². The standard InChI is InChI=1S/C8H6ClN.C8H6FN/c9-7-2-1-6-3-4-10-8(6)5-7;9-7-1-2-8-6(5-7)3-4-10-8/h2*1-5,10H. The van der Waals surface area contributed by atoms with E-state index in [1.165, 1.54) is 17.5 Å². The van der Waals surface area contributed by atoms with Crippen LogP contribution in [-0.4, -0.2) is 9.97 Å². The maximum Gasteiger partial charge on any atom is 0.123 e. The summed E-state index contributed by atoms with van der Waals surface area (Å²) >= 11 is 5.76. The molecule has 4 rings (SSSR count). The smallest absolute Gasteiger partial charge is 0.123 e. The van der Waals surface area contributed by atoms with Gasteiger partial charge in [-0.25, -0.2) is 4.39 Å². The Balaban J connectivity index is 0.000000121. The lowest BCUT2D eigenvalue weighted by molar-refractivity contribution is 0.630. The van der Waals surface area contributed by atoms with Crippen LogP contribution in [0.4, 0.5) is 4.39 Å². The van der Waals surface area contributed by atoms with Gasteiger partial charge in [-0.2, -0.15) is 0 Å². The molecule has 2 heterocycles. The highest BCUT2D eigenvalue weighted by Crippen LogP contribution is 2.17. The van der Waals surface area contributed by atoms with E-state index in [9.17, 15) is 4.39 Å². The van der Waals surface area contributed by atoms with Gasteiger partial charge in [-0.05, 0) is 47.9 Å². The molecule has 100 valence electrons. The lowest BCUT2D eigenvalue weighted by Crippen LogP contribution is -1.70. The van der Waals surface area contributed by atoms with Crippen molar-refractivity contribution in [2.75, 3.05) is 0 Å². The number of rotatable bonds is 0. The maximum absolute atomic E-state index is 12.5. The van der Waals surface area contributed by atoms with Gasteiger partial charge < -0.3 is 9.97 Å². The number of H-pyrrole nitrogens is 2. The molecule has 20 heavy (non-hydrogen) atoms. The average molecular weight is 287 g/mol. The molecule has 0 unspecified atom stereocenters. The molecule has 4 aromatic rings. The van der Waals surface area contributed by atoms with Gasteiger partial charge in [0.15, 0.2) is 0 Å². The lowest BCUT2D eigenvalue weighted by atomic mass is 10.2. The zero-order chi connectivity index (χ0) is 13.9. The van der Waals surface area contributed by atoms with Crippen LogP contribution in [0.15, 0.2) is 60.9 Å². The largest absolute Gasteiger partial charge is 0.361 e. The number of benzene rings is 2. The SMILES string of the molecule is Clc1ccc2cc[nH]c2c1.Fc1ccc2[nH]ccc2c1. The number of aromatic amines is 2. The second-order valence-electron chi connectivity index (χ2n) is 4.42. The van der Waals surface area contributed by atoms with Crippen LogP contribution in [0.25, 0.3) is 21.8 Å². The summed E-state index contributed by atoms with van der Waals surface area (Å²) < 4.78 is 12.5. The summed E-state index contributed by atoms with van der Waals surface area (Å²) in [5.41, 5.74) is 2.06. The molecule has 2 aromatic carbocycles. The molecule has 0 saturated heterocycles. The molecule has 0 radical (unpaired) electrons. The number of fused-ring (bicyclic) bond motifs is 2. The zero-order valence-corrected chi connectivity index (χ0v) is 11.3. The first-order chi connectivity index (χ1) is 9.72. The van der Waals surface area contributed by atoms with Crippen molar-refractivity contribution in [3.8, 4) is 0 Å². The predicted molar refractivity (Wildman–Crippen MR) is 81.6 cm³/mol. The number of halogens is 2. The molecule has 0 aliphatic carbocycles. The first kappa shape index (κ1) is 12.8. The first-order valence-corrected chi connectivity index (χ1v) is 6.55. The molecule has 0 fully saturated rings. The molecule has 0 bridgehead atoms. The van der Waals surface area contributed by atoms with Gasteiger partial charge in [0.25, 0.3) is 0 Å². The molecule has 2 N–H and O–H groups in total. The average Bonchev–Trinajstić information content (AvgIpc) is 3.06. The van der Waals surface area contributed by atoms with Crippen LogP contribution in [0.3, 0.4) is 0 Å². The van der Waals surface area contributed by atoms with Crippen molar-refractivity contribution in [2.24, 2.45) is 0 Å².